The third-order valence-corrected chi connectivity index (χ3v) is 2.34. The van der Waals surface area contributed by atoms with Crippen LogP contribution in [0.15, 0.2) is 48.6 Å². The van der Waals surface area contributed by atoms with Gasteiger partial charge in [-0.1, -0.05) is 18.7 Å². The Hall–Kier alpha value is -1.70. The molecule has 0 N–H and O–H groups in total. The van der Waals surface area contributed by atoms with Gasteiger partial charge in [0.25, 0.3) is 0 Å². The summed E-state index contributed by atoms with van der Waals surface area (Å²) in [7, 11) is 1.65. The molecule has 0 saturated carbocycles. The first-order valence-electron chi connectivity index (χ1n) is 5.24. The number of hydrogen-bond donors (Lipinski definition) is 0. The van der Waals surface area contributed by atoms with E-state index < -0.39 is 0 Å². The molecular formula is C14H18O2. The Bertz CT molecular complexity index is 363. The van der Waals surface area contributed by atoms with Gasteiger partial charge in [0.1, 0.15) is 11.5 Å². The Morgan fingerprint density at radius 3 is 2.19 bits per heavy atom. The van der Waals surface area contributed by atoms with Crippen molar-refractivity contribution in [1.29, 1.82) is 0 Å². The second kappa shape index (κ2) is 6.01. The lowest BCUT2D eigenvalue weighted by Crippen LogP contribution is -1.99. The molecule has 0 unspecified atom stereocenters. The molecule has 0 saturated heterocycles. The van der Waals surface area contributed by atoms with Crippen molar-refractivity contribution >= 4 is 0 Å². The van der Waals surface area contributed by atoms with Gasteiger partial charge in [0.15, 0.2) is 0 Å². The Labute approximate surface area is 97.2 Å². The molecule has 1 aromatic carbocycles. The highest BCUT2D eigenvalue weighted by atomic mass is 16.5. The lowest BCUT2D eigenvalue weighted by Gasteiger charge is -2.08. The van der Waals surface area contributed by atoms with Crippen molar-refractivity contribution in [3.63, 3.8) is 0 Å². The monoisotopic (exact) mass is 218 g/mol. The van der Waals surface area contributed by atoms with Gasteiger partial charge in [-0.2, -0.15) is 0 Å². The minimum Gasteiger partial charge on any atom is -0.497 e. The van der Waals surface area contributed by atoms with E-state index in [0.29, 0.717) is 6.61 Å². The van der Waals surface area contributed by atoms with Crippen molar-refractivity contribution in [3.05, 3.63) is 48.6 Å². The standard InChI is InChI=1S/C14H18O2/c1-11(2)12(3)9-10-16-14-7-5-13(15-4)6-8-14/h5-8H,1,3,9-10H2,2,4H3. The van der Waals surface area contributed by atoms with Gasteiger partial charge in [0.05, 0.1) is 13.7 Å². The molecule has 0 bridgehead atoms. The fourth-order valence-corrected chi connectivity index (χ4v) is 1.18. The van der Waals surface area contributed by atoms with E-state index >= 15 is 0 Å². The fourth-order valence-electron chi connectivity index (χ4n) is 1.18. The molecule has 0 amide bonds. The van der Waals surface area contributed by atoms with Crippen molar-refractivity contribution in [2.24, 2.45) is 0 Å². The van der Waals surface area contributed by atoms with Crippen LogP contribution in [0, 0.1) is 0 Å². The zero-order chi connectivity index (χ0) is 12.0. The fraction of sp³-hybridized carbons (Fsp3) is 0.286. The van der Waals surface area contributed by atoms with Gasteiger partial charge in [0, 0.05) is 6.42 Å². The maximum Gasteiger partial charge on any atom is 0.119 e. The molecule has 1 rings (SSSR count). The summed E-state index contributed by atoms with van der Waals surface area (Å²) in [4.78, 5) is 0. The van der Waals surface area contributed by atoms with E-state index in [2.05, 4.69) is 13.2 Å². The van der Waals surface area contributed by atoms with Gasteiger partial charge >= 0.3 is 0 Å². The van der Waals surface area contributed by atoms with Crippen molar-refractivity contribution in [2.45, 2.75) is 13.3 Å². The molecule has 0 heterocycles. The summed E-state index contributed by atoms with van der Waals surface area (Å²) in [5.74, 6) is 1.68. The van der Waals surface area contributed by atoms with Crippen LogP contribution < -0.4 is 9.47 Å². The van der Waals surface area contributed by atoms with Gasteiger partial charge in [-0.25, -0.2) is 0 Å². The van der Waals surface area contributed by atoms with Gasteiger partial charge in [-0.05, 0) is 36.8 Å². The molecule has 1 aromatic rings. The van der Waals surface area contributed by atoms with Gasteiger partial charge in [-0.3, -0.25) is 0 Å². The van der Waals surface area contributed by atoms with E-state index in [1.54, 1.807) is 7.11 Å². The molecule has 0 radical (unpaired) electrons. The maximum absolute atomic E-state index is 5.57. The van der Waals surface area contributed by atoms with Crippen LogP contribution in [0.2, 0.25) is 0 Å². The van der Waals surface area contributed by atoms with E-state index in [4.69, 9.17) is 9.47 Å². The number of rotatable bonds is 6. The largest absolute Gasteiger partial charge is 0.497 e. The third kappa shape index (κ3) is 3.81. The number of benzene rings is 1. The van der Waals surface area contributed by atoms with Gasteiger partial charge < -0.3 is 9.47 Å². The number of allylic oxidation sites excluding steroid dienone is 1. The summed E-state index contributed by atoms with van der Waals surface area (Å²) in [5, 5.41) is 0. The van der Waals surface area contributed by atoms with E-state index in [1.165, 1.54) is 0 Å². The lowest BCUT2D eigenvalue weighted by atomic mass is 10.1. The Morgan fingerprint density at radius 1 is 1.12 bits per heavy atom. The molecule has 0 aliphatic carbocycles. The SMILES string of the molecule is C=C(C)C(=C)CCOc1ccc(OC)cc1. The molecule has 0 fully saturated rings. The molecule has 86 valence electrons. The average molecular weight is 218 g/mol. The normalized spacial score (nSPS) is 9.62. The van der Waals surface area contributed by atoms with Crippen LogP contribution in [0.1, 0.15) is 13.3 Å². The third-order valence-electron chi connectivity index (χ3n) is 2.34. The first-order valence-corrected chi connectivity index (χ1v) is 5.24. The highest BCUT2D eigenvalue weighted by molar-refractivity contribution is 5.31. The van der Waals surface area contributed by atoms with Gasteiger partial charge in [-0.15, -0.1) is 0 Å². The number of hydrogen-bond acceptors (Lipinski definition) is 2. The van der Waals surface area contributed by atoms with Gasteiger partial charge in [0.2, 0.25) is 0 Å². The quantitative estimate of drug-likeness (QED) is 0.679. The van der Waals surface area contributed by atoms with Crippen LogP contribution in [0.3, 0.4) is 0 Å². The highest BCUT2D eigenvalue weighted by Crippen LogP contribution is 2.18. The summed E-state index contributed by atoms with van der Waals surface area (Å²) in [6.45, 7) is 10.3. The Morgan fingerprint density at radius 2 is 1.69 bits per heavy atom. The number of methoxy groups -OCH3 is 1. The van der Waals surface area contributed by atoms with Crippen LogP contribution in [0.25, 0.3) is 0 Å². The van der Waals surface area contributed by atoms with Crippen molar-refractivity contribution in [3.8, 4) is 11.5 Å². The highest BCUT2D eigenvalue weighted by Gasteiger charge is 1.97. The minimum absolute atomic E-state index is 0.623. The predicted octanol–water partition coefficient (Wildman–Crippen LogP) is 3.60. The summed E-state index contributed by atoms with van der Waals surface area (Å²) in [6.07, 6.45) is 0.807. The van der Waals surface area contributed by atoms with E-state index in [-0.39, 0.29) is 0 Å². The molecule has 0 spiro atoms. The molecular weight excluding hydrogens is 200 g/mol. The van der Waals surface area contributed by atoms with Crippen LogP contribution in [-0.4, -0.2) is 13.7 Å². The first kappa shape index (κ1) is 12.4. The Kier molecular flexibility index (Phi) is 4.65. The average Bonchev–Trinajstić information content (AvgIpc) is 2.29. The van der Waals surface area contributed by atoms with E-state index in [0.717, 1.165) is 29.1 Å². The summed E-state index contributed by atoms with van der Waals surface area (Å²) < 4.78 is 10.6. The Balaban J connectivity index is 2.37. The van der Waals surface area contributed by atoms with E-state index in [1.807, 2.05) is 31.2 Å². The molecule has 0 aliphatic rings. The smallest absolute Gasteiger partial charge is 0.119 e. The van der Waals surface area contributed by atoms with Crippen molar-refractivity contribution in [2.75, 3.05) is 13.7 Å². The topological polar surface area (TPSA) is 18.5 Å². The zero-order valence-corrected chi connectivity index (χ0v) is 9.95. The van der Waals surface area contributed by atoms with E-state index in [9.17, 15) is 0 Å². The minimum atomic E-state index is 0.623. The second-order valence-corrected chi connectivity index (χ2v) is 3.66. The number of ether oxygens (including phenoxy) is 2. The molecule has 16 heavy (non-hydrogen) atoms. The lowest BCUT2D eigenvalue weighted by molar-refractivity contribution is 0.321. The predicted molar refractivity (Wildman–Crippen MR) is 67.1 cm³/mol. The van der Waals surface area contributed by atoms with Crippen LogP contribution in [0.4, 0.5) is 0 Å². The van der Waals surface area contributed by atoms with Crippen molar-refractivity contribution < 1.29 is 9.47 Å². The molecule has 2 heteroatoms. The summed E-state index contributed by atoms with van der Waals surface area (Å²) >= 11 is 0. The maximum atomic E-state index is 5.57. The molecule has 2 nitrogen and oxygen atoms in total. The molecule has 0 aromatic heterocycles. The second-order valence-electron chi connectivity index (χ2n) is 3.66. The van der Waals surface area contributed by atoms with Crippen LogP contribution in [-0.2, 0) is 0 Å². The summed E-state index contributed by atoms with van der Waals surface area (Å²) in [6, 6.07) is 7.54. The first-order chi connectivity index (χ1) is 7.63. The van der Waals surface area contributed by atoms with Crippen LogP contribution >= 0.6 is 0 Å². The van der Waals surface area contributed by atoms with Crippen molar-refractivity contribution in [1.82, 2.24) is 0 Å². The molecule has 0 atom stereocenters. The summed E-state index contributed by atoms with van der Waals surface area (Å²) in [5.41, 5.74) is 2.05. The van der Waals surface area contributed by atoms with Crippen LogP contribution in [0.5, 0.6) is 11.5 Å². The molecule has 0 aliphatic heterocycles. The zero-order valence-electron chi connectivity index (χ0n) is 9.95.